The van der Waals surface area contributed by atoms with Gasteiger partial charge in [-0.05, 0) is 53.8 Å². The van der Waals surface area contributed by atoms with Gasteiger partial charge in [0.05, 0.1) is 0 Å². The predicted molar refractivity (Wildman–Crippen MR) is 113 cm³/mol. The highest BCUT2D eigenvalue weighted by Gasteiger charge is 2.21. The number of rotatable bonds is 4. The molecule has 0 radical (unpaired) electrons. The Morgan fingerprint density at radius 3 is 2.32 bits per heavy atom. The van der Waals surface area contributed by atoms with Gasteiger partial charge in [-0.15, -0.1) is 24.8 Å². The van der Waals surface area contributed by atoms with E-state index in [-0.39, 0.29) is 24.8 Å². The van der Waals surface area contributed by atoms with Gasteiger partial charge in [-0.25, -0.2) is 0 Å². The van der Waals surface area contributed by atoms with E-state index in [1.54, 1.807) is 0 Å². The molecule has 136 valence electrons. The quantitative estimate of drug-likeness (QED) is 0.628. The van der Waals surface area contributed by atoms with Gasteiger partial charge in [0.15, 0.2) is 0 Å². The predicted octanol–water partition coefficient (Wildman–Crippen LogP) is 5.02. The molecule has 0 atom stereocenters. The lowest BCUT2D eigenvalue weighted by Gasteiger charge is -2.36. The molecular formula is C21H28Cl2N2. The molecule has 1 fully saturated rings. The number of benzene rings is 2. The summed E-state index contributed by atoms with van der Waals surface area (Å²) in [6, 6.07) is 15.9. The number of fused-ring (bicyclic) bond motifs is 3. The summed E-state index contributed by atoms with van der Waals surface area (Å²) in [6.07, 6.45) is 3.72. The molecule has 2 aromatic carbocycles. The lowest BCUT2D eigenvalue weighted by molar-refractivity contribution is 0.254. The fourth-order valence-corrected chi connectivity index (χ4v) is 3.94. The van der Waals surface area contributed by atoms with Crippen LogP contribution >= 0.6 is 24.8 Å². The van der Waals surface area contributed by atoms with E-state index >= 15 is 0 Å². The largest absolute Gasteiger partial charge is 0.369 e. The molecule has 1 aliphatic carbocycles. The zero-order valence-corrected chi connectivity index (χ0v) is 16.5. The van der Waals surface area contributed by atoms with Gasteiger partial charge in [0, 0.05) is 31.9 Å². The number of anilines is 1. The zero-order valence-electron chi connectivity index (χ0n) is 14.9. The van der Waals surface area contributed by atoms with Crippen LogP contribution in [0.5, 0.6) is 0 Å². The molecule has 4 heteroatoms. The van der Waals surface area contributed by atoms with E-state index in [9.17, 15) is 0 Å². The first kappa shape index (κ1) is 20.1. The van der Waals surface area contributed by atoms with E-state index in [0.717, 1.165) is 19.5 Å². The molecule has 2 aromatic rings. The second kappa shape index (κ2) is 8.93. The fraction of sp³-hybridized carbons (Fsp3) is 0.429. The minimum Gasteiger partial charge on any atom is -0.369 e. The van der Waals surface area contributed by atoms with Gasteiger partial charge in [-0.1, -0.05) is 43.7 Å². The Bertz CT molecular complexity index is 694. The summed E-state index contributed by atoms with van der Waals surface area (Å²) in [5.41, 5.74) is 7.25. The monoisotopic (exact) mass is 378 g/mol. The van der Waals surface area contributed by atoms with Crippen LogP contribution in [-0.2, 0) is 6.42 Å². The molecular weight excluding hydrogens is 351 g/mol. The van der Waals surface area contributed by atoms with Crippen molar-refractivity contribution in [3.63, 3.8) is 0 Å². The molecule has 1 aliphatic heterocycles. The Balaban J connectivity index is 0.00000113. The van der Waals surface area contributed by atoms with Crippen molar-refractivity contribution in [2.24, 2.45) is 0 Å². The maximum Gasteiger partial charge on any atom is 0.0370 e. The summed E-state index contributed by atoms with van der Waals surface area (Å²) in [6.45, 7) is 8.28. The summed E-state index contributed by atoms with van der Waals surface area (Å²) in [7, 11) is 0. The zero-order chi connectivity index (χ0) is 15.6. The van der Waals surface area contributed by atoms with Gasteiger partial charge >= 0.3 is 0 Å². The fourth-order valence-electron chi connectivity index (χ4n) is 3.94. The maximum absolute atomic E-state index is 2.61. The number of halogens is 2. The maximum atomic E-state index is 2.61. The van der Waals surface area contributed by atoms with E-state index in [1.165, 1.54) is 60.4 Å². The van der Waals surface area contributed by atoms with E-state index in [2.05, 4.69) is 59.2 Å². The van der Waals surface area contributed by atoms with E-state index < -0.39 is 0 Å². The van der Waals surface area contributed by atoms with Crippen molar-refractivity contribution in [1.82, 2.24) is 4.90 Å². The highest BCUT2D eigenvalue weighted by atomic mass is 35.5. The number of hydrogen-bond donors (Lipinski definition) is 0. The number of hydrogen-bond acceptors (Lipinski definition) is 2. The summed E-state index contributed by atoms with van der Waals surface area (Å²) >= 11 is 0. The third-order valence-electron chi connectivity index (χ3n) is 5.34. The normalized spacial score (nSPS) is 15.8. The molecule has 0 aromatic heterocycles. The third-order valence-corrected chi connectivity index (χ3v) is 5.34. The number of unbranched alkanes of at least 4 members (excludes halogenated alkanes) is 1. The number of piperazine rings is 1. The average molecular weight is 379 g/mol. The molecule has 0 bridgehead atoms. The van der Waals surface area contributed by atoms with Gasteiger partial charge < -0.3 is 4.90 Å². The minimum atomic E-state index is 0. The Morgan fingerprint density at radius 2 is 1.56 bits per heavy atom. The van der Waals surface area contributed by atoms with Gasteiger partial charge in [0.1, 0.15) is 0 Å². The third kappa shape index (κ3) is 4.13. The molecule has 0 saturated carbocycles. The van der Waals surface area contributed by atoms with Gasteiger partial charge in [0.25, 0.3) is 0 Å². The first-order chi connectivity index (χ1) is 11.3. The highest BCUT2D eigenvalue weighted by molar-refractivity contribution is 5.85. The van der Waals surface area contributed by atoms with Crippen LogP contribution in [0.4, 0.5) is 5.69 Å². The molecule has 0 spiro atoms. The van der Waals surface area contributed by atoms with Crippen molar-refractivity contribution >= 4 is 30.5 Å². The van der Waals surface area contributed by atoms with Crippen LogP contribution in [0, 0.1) is 0 Å². The molecule has 0 amide bonds. The first-order valence-electron chi connectivity index (χ1n) is 9.03. The van der Waals surface area contributed by atoms with Crippen LogP contribution in [0.15, 0.2) is 42.5 Å². The molecule has 25 heavy (non-hydrogen) atoms. The molecule has 2 aliphatic rings. The minimum absolute atomic E-state index is 0. The van der Waals surface area contributed by atoms with Crippen LogP contribution in [0.25, 0.3) is 11.1 Å². The van der Waals surface area contributed by atoms with E-state index in [1.807, 2.05) is 0 Å². The highest BCUT2D eigenvalue weighted by Crippen LogP contribution is 2.38. The SMILES string of the molecule is CCCCN1CCN(c2ccc3c(c2)Cc2ccccc2-3)CC1.Cl.Cl. The first-order valence-corrected chi connectivity index (χ1v) is 9.03. The van der Waals surface area contributed by atoms with Crippen LogP contribution in [0.1, 0.15) is 30.9 Å². The summed E-state index contributed by atoms with van der Waals surface area (Å²) < 4.78 is 0. The lowest BCUT2D eigenvalue weighted by Crippen LogP contribution is -2.46. The summed E-state index contributed by atoms with van der Waals surface area (Å²) in [5.74, 6) is 0. The van der Waals surface area contributed by atoms with Crippen molar-refractivity contribution < 1.29 is 0 Å². The topological polar surface area (TPSA) is 6.48 Å². The van der Waals surface area contributed by atoms with Crippen LogP contribution < -0.4 is 4.90 Å². The van der Waals surface area contributed by atoms with Gasteiger partial charge in [0.2, 0.25) is 0 Å². The van der Waals surface area contributed by atoms with Crippen molar-refractivity contribution in [3.05, 3.63) is 53.6 Å². The molecule has 1 saturated heterocycles. The summed E-state index contributed by atoms with van der Waals surface area (Å²) in [5, 5.41) is 0. The molecule has 0 N–H and O–H groups in total. The molecule has 2 nitrogen and oxygen atoms in total. The lowest BCUT2D eigenvalue weighted by atomic mass is 10.1. The van der Waals surface area contributed by atoms with Gasteiger partial charge in [-0.3, -0.25) is 4.90 Å². The Kier molecular flexibility index (Phi) is 7.18. The van der Waals surface area contributed by atoms with Crippen molar-refractivity contribution in [3.8, 4) is 11.1 Å². The Morgan fingerprint density at radius 1 is 0.840 bits per heavy atom. The second-order valence-corrected chi connectivity index (χ2v) is 6.86. The van der Waals surface area contributed by atoms with Crippen molar-refractivity contribution in [2.75, 3.05) is 37.6 Å². The van der Waals surface area contributed by atoms with Crippen molar-refractivity contribution in [2.45, 2.75) is 26.2 Å². The molecule has 4 rings (SSSR count). The second-order valence-electron chi connectivity index (χ2n) is 6.86. The Labute approximate surface area is 164 Å². The van der Waals surface area contributed by atoms with Crippen LogP contribution in [0.3, 0.4) is 0 Å². The standard InChI is InChI=1S/C21H26N2.2ClH/c1-2-3-10-22-11-13-23(14-12-22)19-8-9-21-18(16-19)15-17-6-4-5-7-20(17)21;;/h4-9,16H,2-3,10-15H2,1H3;2*1H. The smallest absolute Gasteiger partial charge is 0.0370 e. The van der Waals surface area contributed by atoms with Crippen molar-refractivity contribution in [1.29, 1.82) is 0 Å². The molecule has 0 unspecified atom stereocenters. The van der Waals surface area contributed by atoms with Crippen LogP contribution in [0.2, 0.25) is 0 Å². The number of nitrogens with zero attached hydrogens (tertiary/aromatic N) is 2. The summed E-state index contributed by atoms with van der Waals surface area (Å²) in [4.78, 5) is 5.18. The average Bonchev–Trinajstić information content (AvgIpc) is 2.98. The van der Waals surface area contributed by atoms with Crippen LogP contribution in [-0.4, -0.2) is 37.6 Å². The van der Waals surface area contributed by atoms with E-state index in [4.69, 9.17) is 0 Å². The Hall–Kier alpha value is -1.22. The van der Waals surface area contributed by atoms with E-state index in [0.29, 0.717) is 0 Å². The van der Waals surface area contributed by atoms with Gasteiger partial charge in [-0.2, -0.15) is 0 Å². The molecule has 1 heterocycles.